The fraction of sp³-hybridized carbons (Fsp3) is 0. The van der Waals surface area contributed by atoms with E-state index in [0.29, 0.717) is 18.2 Å². The maximum Gasteiger partial charge on any atom is 2.00 e. The smallest absolute Gasteiger partial charge is 0.871 e. The van der Waals surface area contributed by atoms with Crippen LogP contribution >= 0.6 is 0 Å². The Hall–Kier alpha value is -2.72. The quantitative estimate of drug-likeness (QED) is 0.0776. The van der Waals surface area contributed by atoms with Crippen molar-refractivity contribution in [2.24, 2.45) is 20.5 Å². The van der Waals surface area contributed by atoms with Crippen molar-refractivity contribution in [3.63, 3.8) is 0 Å². The number of fused-ring (bicyclic) bond motifs is 2. The van der Waals surface area contributed by atoms with Crippen molar-refractivity contribution in [1.29, 1.82) is 0 Å². The number of nitrogens with one attached hydrogen (secondary N) is 2. The van der Waals surface area contributed by atoms with Gasteiger partial charge in [0, 0.05) is 11.4 Å². The first kappa shape index (κ1) is 56.3. The normalized spacial score (nSPS) is 11.5. The van der Waals surface area contributed by atoms with E-state index >= 15 is 0 Å². The van der Waals surface area contributed by atoms with Crippen molar-refractivity contribution in [2.75, 3.05) is 10.6 Å². The molecule has 0 aromatic heterocycles. The summed E-state index contributed by atoms with van der Waals surface area (Å²) in [5, 5.41) is 68.8. The van der Waals surface area contributed by atoms with Gasteiger partial charge >= 0.3 is 129 Å². The molecule has 306 valence electrons. The number of rotatable bonds is 9. The van der Waals surface area contributed by atoms with Crippen LogP contribution in [0.5, 0.6) is 23.0 Å². The van der Waals surface area contributed by atoms with Gasteiger partial charge in [0.05, 0.1) is 37.4 Å². The van der Waals surface area contributed by atoms with Gasteiger partial charge in [-0.05, 0) is 76.1 Å². The number of benzene rings is 6. The number of nitrogens with zero attached hydrogens (tertiary/aromatic N) is 4. The third-order valence-corrected chi connectivity index (χ3v) is 10.2. The molecule has 2 N–H and O–H groups in total. The van der Waals surface area contributed by atoms with Gasteiger partial charge in [0.25, 0.3) is 0 Å². The minimum atomic E-state index is -5.45. The average Bonchev–Trinajstić information content (AvgIpc) is 3.10. The zero-order chi connectivity index (χ0) is 40.7. The molecule has 61 heavy (non-hydrogen) atoms. The minimum Gasteiger partial charge on any atom is -0.871 e. The van der Waals surface area contributed by atoms with Gasteiger partial charge in [-0.25, -0.2) is 30.0 Å². The van der Waals surface area contributed by atoms with E-state index in [1.54, 1.807) is 0 Å². The van der Waals surface area contributed by atoms with E-state index in [0.717, 1.165) is 36.4 Å². The van der Waals surface area contributed by atoms with E-state index in [2.05, 4.69) is 31.1 Å². The average molecular weight is 1010 g/mol. The Kier molecular flexibility index (Phi) is 20.5. The van der Waals surface area contributed by atoms with Crippen LogP contribution in [0.15, 0.2) is 126 Å². The molecule has 0 spiro atoms. The molecule has 6 aromatic rings. The molecular weight excluding hydrogens is 997 g/mol. The van der Waals surface area contributed by atoms with Crippen LogP contribution in [-0.4, -0.2) is 44.9 Å². The number of azo groups is 2. The monoisotopic (exact) mass is 1010 g/mol. The maximum absolute atomic E-state index is 13.3. The molecule has 0 aliphatic rings. The van der Waals surface area contributed by atoms with Gasteiger partial charge in [-0.15, -0.1) is 10.2 Å². The van der Waals surface area contributed by atoms with Gasteiger partial charge in [0.15, 0.2) is 0 Å². The fourth-order valence-corrected chi connectivity index (χ4v) is 6.95. The molecule has 0 saturated carbocycles. The van der Waals surface area contributed by atoms with E-state index < -0.39 is 91.1 Å². The summed E-state index contributed by atoms with van der Waals surface area (Å²) in [6.45, 7) is 0. The molecule has 0 unspecified atom stereocenters. The summed E-state index contributed by atoms with van der Waals surface area (Å²) in [6, 6.07) is 14.9. The molecule has 0 fully saturated rings. The maximum atomic E-state index is 13.3. The Morgan fingerprint density at radius 3 is 1.34 bits per heavy atom. The summed E-state index contributed by atoms with van der Waals surface area (Å²) in [6.07, 6.45) is 0. The number of carbonyl (C=O) groups is 1. The summed E-state index contributed by atoms with van der Waals surface area (Å²) in [7, 11) is -15.8. The molecule has 0 aliphatic heterocycles. The van der Waals surface area contributed by atoms with Gasteiger partial charge in [-0.3, -0.25) is 0 Å². The molecule has 0 aliphatic carbocycles. The number of carbonyl (C=O) groups excluding carboxylic acids is 1. The number of urea groups is 1. The molecule has 28 heteroatoms. The van der Waals surface area contributed by atoms with Crippen LogP contribution < -0.4 is 120 Å². The van der Waals surface area contributed by atoms with Crippen molar-refractivity contribution in [3.05, 3.63) is 91.0 Å². The van der Waals surface area contributed by atoms with E-state index in [-0.39, 0.29) is 161 Å². The summed E-state index contributed by atoms with van der Waals surface area (Å²) < 4.78 is 107. The molecule has 0 saturated heterocycles. The predicted octanol–water partition coefficient (Wildman–Crippen LogP) is -5.52. The van der Waals surface area contributed by atoms with E-state index in [4.69, 9.17) is 0 Å². The van der Waals surface area contributed by atoms with Crippen LogP contribution in [0.2, 0.25) is 0 Å². The Morgan fingerprint density at radius 2 is 0.918 bits per heavy atom. The van der Waals surface area contributed by atoms with Gasteiger partial charge in [-0.1, -0.05) is 59.4 Å². The van der Waals surface area contributed by atoms with Gasteiger partial charge < -0.3 is 44.7 Å². The van der Waals surface area contributed by atoms with Gasteiger partial charge in [-0.2, -0.15) is 10.2 Å². The molecule has 2 amide bonds. The number of hydrogen-bond donors (Lipinski definition) is 2. The van der Waals surface area contributed by atoms with Crippen molar-refractivity contribution < 1.29 is 187 Å². The largest absolute Gasteiger partial charge is 2.00 e. The molecule has 6 aromatic carbocycles. The second kappa shape index (κ2) is 22.3. The van der Waals surface area contributed by atoms with Crippen molar-refractivity contribution in [1.82, 2.24) is 0 Å². The Balaban J connectivity index is 0.00000372. The molecule has 0 heterocycles. The second-order valence-corrected chi connectivity index (χ2v) is 15.5. The molecule has 20 nitrogen and oxygen atoms in total. The minimum absolute atomic E-state index is 0. The van der Waals surface area contributed by atoms with E-state index in [9.17, 15) is 64.1 Å². The summed E-state index contributed by atoms with van der Waals surface area (Å²) >= 11 is 0. The second-order valence-electron chi connectivity index (χ2n) is 11.4. The zero-order valence-electron chi connectivity index (χ0n) is 31.0. The SMILES string of the molecule is O=C(Nc1ccc2c([O-])c(N=Nc3ccccc3[O-])c(S(=O)(=O)[O-])cc2c1)Nc1ccc2c([O-])c(N=Nc3cc(S(=O)(=O)[O-])ccc3[O-])c(S(=O)(=O)[O-])cc2c1.[Cu+2].[Cu+2].[Na+].[Na+].[Na+]. The number of anilines is 2. The molecule has 6 rings (SSSR count). The molecule has 0 atom stereocenters. The zero-order valence-corrected chi connectivity index (χ0v) is 41.3. The number of amides is 2. The van der Waals surface area contributed by atoms with Crippen LogP contribution in [0.25, 0.3) is 21.5 Å². The Bertz CT molecular complexity index is 3060. The summed E-state index contributed by atoms with van der Waals surface area (Å²) in [5.74, 6) is -3.71. The van der Waals surface area contributed by atoms with Gasteiger partial charge in [0.1, 0.15) is 30.4 Å². The van der Waals surface area contributed by atoms with Crippen LogP contribution in [0.4, 0.5) is 38.9 Å². The Labute approximate surface area is 433 Å². The summed E-state index contributed by atoms with van der Waals surface area (Å²) in [5.41, 5.74) is -2.93. The fourth-order valence-electron chi connectivity index (χ4n) is 5.17. The Morgan fingerprint density at radius 1 is 0.492 bits per heavy atom. The van der Waals surface area contributed by atoms with Gasteiger partial charge in [0.2, 0.25) is 0 Å². The van der Waals surface area contributed by atoms with Crippen molar-refractivity contribution in [3.8, 4) is 23.0 Å². The van der Waals surface area contributed by atoms with Crippen LogP contribution in [-0.2, 0) is 64.5 Å². The summed E-state index contributed by atoms with van der Waals surface area (Å²) in [4.78, 5) is 9.83. The number of hydrogen-bond acceptors (Lipinski definition) is 18. The number of para-hydroxylation sites is 1. The first-order chi connectivity index (χ1) is 26.2. The predicted molar refractivity (Wildman–Crippen MR) is 183 cm³/mol. The van der Waals surface area contributed by atoms with E-state index in [1.807, 2.05) is 0 Å². The standard InChI is InChI=1S/C33H24N6O14S3.2Cu.3Na/c40-25-4-2-1-3-23(25)36-38-29-27(55(48,49)50)13-16-11-18(5-8-21(16)31(29)42)34-33(44)35-19-6-9-22-17(12-19)14-28(56(51,52)53)30(32(22)43)39-37-24-15-20(54(45,46)47)7-10-26(24)41;;;;;/h1-15,40-43H,(H2,34,35,44)(H,45,46,47)(H,48,49,50)(H,51,52,53);;;;;/q;2*+2;3*+1/p-7. The first-order valence-corrected chi connectivity index (χ1v) is 19.3. The third kappa shape index (κ3) is 13.2. The molecule has 2 radical (unpaired) electrons. The van der Waals surface area contributed by atoms with Crippen LogP contribution in [0.1, 0.15) is 0 Å². The van der Waals surface area contributed by atoms with E-state index in [1.165, 1.54) is 36.4 Å². The van der Waals surface area contributed by atoms with Crippen molar-refractivity contribution in [2.45, 2.75) is 14.7 Å². The van der Waals surface area contributed by atoms with Crippen LogP contribution in [0.3, 0.4) is 0 Å². The van der Waals surface area contributed by atoms with Crippen molar-refractivity contribution >= 4 is 92.1 Å². The molecular formula is C33H17Cu2N6Na3O14S3. The van der Waals surface area contributed by atoms with Crippen LogP contribution in [0, 0.1) is 0 Å². The molecule has 0 bridgehead atoms. The first-order valence-electron chi connectivity index (χ1n) is 15.1. The topological polar surface area (TPSA) is 354 Å². The third-order valence-electron chi connectivity index (χ3n) is 7.72.